The number of hydrogen-bond donors (Lipinski definition) is 1. The van der Waals surface area contributed by atoms with Crippen LogP contribution in [0, 0.1) is 25.7 Å². The summed E-state index contributed by atoms with van der Waals surface area (Å²) in [5.74, 6) is 1.39. The van der Waals surface area contributed by atoms with Gasteiger partial charge in [0.15, 0.2) is 0 Å². The van der Waals surface area contributed by atoms with Crippen molar-refractivity contribution in [3.63, 3.8) is 0 Å². The normalized spacial score (nSPS) is 30.8. The zero-order valence-electron chi connectivity index (χ0n) is 11.0. The first-order valence-corrected chi connectivity index (χ1v) is 7.55. The summed E-state index contributed by atoms with van der Waals surface area (Å²) in [7, 11) is 0. The van der Waals surface area contributed by atoms with Gasteiger partial charge in [-0.15, -0.1) is 11.3 Å². The molecule has 1 aromatic heterocycles. The molecule has 1 aromatic rings. The van der Waals surface area contributed by atoms with Crippen molar-refractivity contribution in [3.05, 3.63) is 21.4 Å². The van der Waals surface area contributed by atoms with Gasteiger partial charge < -0.3 is 10.6 Å². The molecule has 98 valence electrons. The van der Waals surface area contributed by atoms with E-state index in [-0.39, 0.29) is 5.91 Å². The van der Waals surface area contributed by atoms with Gasteiger partial charge >= 0.3 is 0 Å². The van der Waals surface area contributed by atoms with Gasteiger partial charge in [0.2, 0.25) is 0 Å². The Morgan fingerprint density at radius 3 is 2.78 bits per heavy atom. The summed E-state index contributed by atoms with van der Waals surface area (Å²) in [6, 6.07) is 0.304. The zero-order valence-corrected chi connectivity index (χ0v) is 11.8. The summed E-state index contributed by atoms with van der Waals surface area (Å²) in [6.07, 6.45) is 2.32. The number of nitrogens with zero attached hydrogens (tertiary/aromatic N) is 1. The Hall–Kier alpha value is -0.870. The summed E-state index contributed by atoms with van der Waals surface area (Å²) in [5, 5.41) is 2.00. The van der Waals surface area contributed by atoms with Gasteiger partial charge in [-0.2, -0.15) is 0 Å². The summed E-state index contributed by atoms with van der Waals surface area (Å²) in [4.78, 5) is 15.8. The van der Waals surface area contributed by atoms with Gasteiger partial charge in [0, 0.05) is 29.4 Å². The van der Waals surface area contributed by atoms with Crippen LogP contribution in [0.25, 0.3) is 0 Å². The molecule has 18 heavy (non-hydrogen) atoms. The number of amides is 1. The predicted octanol–water partition coefficient (Wildman–Crippen LogP) is 2.17. The number of aryl methyl sites for hydroxylation is 1. The van der Waals surface area contributed by atoms with Crippen molar-refractivity contribution in [2.24, 2.45) is 17.6 Å². The lowest BCUT2D eigenvalue weighted by atomic mass is 9.98. The van der Waals surface area contributed by atoms with Crippen molar-refractivity contribution >= 4 is 17.2 Å². The Labute approximate surface area is 112 Å². The Balaban J connectivity index is 1.77. The second kappa shape index (κ2) is 4.35. The average Bonchev–Trinajstić information content (AvgIpc) is 2.99. The van der Waals surface area contributed by atoms with E-state index in [4.69, 9.17) is 5.73 Å². The Kier molecular flexibility index (Phi) is 2.94. The van der Waals surface area contributed by atoms with E-state index < -0.39 is 0 Å². The molecule has 2 N–H and O–H groups in total. The van der Waals surface area contributed by atoms with Crippen molar-refractivity contribution in [1.29, 1.82) is 0 Å². The van der Waals surface area contributed by atoms with E-state index in [1.807, 2.05) is 17.2 Å². The quantitative estimate of drug-likeness (QED) is 0.845. The first-order chi connectivity index (χ1) is 8.58. The molecule has 2 aliphatic rings. The predicted molar refractivity (Wildman–Crippen MR) is 73.9 cm³/mol. The average molecular weight is 264 g/mol. The number of nitrogens with two attached hydrogens (primary N) is 1. The molecule has 1 saturated carbocycles. The molecule has 3 atom stereocenters. The second-order valence-electron chi connectivity index (χ2n) is 5.71. The van der Waals surface area contributed by atoms with E-state index in [1.54, 1.807) is 11.3 Å². The highest BCUT2D eigenvalue weighted by Gasteiger charge is 2.42. The van der Waals surface area contributed by atoms with Gasteiger partial charge in [0.25, 0.3) is 5.91 Å². The first-order valence-electron chi connectivity index (χ1n) is 6.67. The van der Waals surface area contributed by atoms with Crippen LogP contribution in [0.5, 0.6) is 0 Å². The molecule has 3 unspecified atom stereocenters. The summed E-state index contributed by atoms with van der Waals surface area (Å²) < 4.78 is 0. The fraction of sp³-hybridized carbons (Fsp3) is 0.643. The van der Waals surface area contributed by atoms with E-state index in [0.29, 0.717) is 17.9 Å². The van der Waals surface area contributed by atoms with Crippen LogP contribution in [0.3, 0.4) is 0 Å². The molecule has 0 radical (unpaired) electrons. The van der Waals surface area contributed by atoms with Crippen molar-refractivity contribution in [1.82, 2.24) is 4.90 Å². The second-order valence-corrected chi connectivity index (χ2v) is 6.79. The molecule has 4 heteroatoms. The maximum Gasteiger partial charge on any atom is 0.254 e. The third-order valence-electron chi connectivity index (χ3n) is 4.72. The molecule has 1 saturated heterocycles. The number of thiophene rings is 1. The van der Waals surface area contributed by atoms with Crippen molar-refractivity contribution in [3.8, 4) is 0 Å². The van der Waals surface area contributed by atoms with Crippen LogP contribution in [0.1, 0.15) is 33.6 Å². The van der Waals surface area contributed by atoms with E-state index in [0.717, 1.165) is 30.6 Å². The number of carbonyl (C=O) groups is 1. The zero-order chi connectivity index (χ0) is 12.9. The van der Waals surface area contributed by atoms with Crippen LogP contribution in [-0.2, 0) is 0 Å². The maximum atomic E-state index is 12.5. The summed E-state index contributed by atoms with van der Waals surface area (Å²) in [6.45, 7) is 5.89. The number of hydrogen-bond acceptors (Lipinski definition) is 3. The number of fused-ring (bicyclic) bond motifs is 1. The van der Waals surface area contributed by atoms with Gasteiger partial charge in [-0.25, -0.2) is 0 Å². The number of rotatable bonds is 1. The van der Waals surface area contributed by atoms with Gasteiger partial charge in [-0.05, 0) is 44.1 Å². The molecule has 0 spiro atoms. The lowest BCUT2D eigenvalue weighted by molar-refractivity contribution is 0.0779. The van der Waals surface area contributed by atoms with Crippen LogP contribution in [-0.4, -0.2) is 29.9 Å². The number of likely N-dealkylation sites (tertiary alicyclic amines) is 1. The lowest BCUT2D eigenvalue weighted by Gasteiger charge is -2.18. The topological polar surface area (TPSA) is 46.3 Å². The van der Waals surface area contributed by atoms with Gasteiger partial charge in [0.05, 0.1) is 5.56 Å². The maximum absolute atomic E-state index is 12.5. The third kappa shape index (κ3) is 1.79. The van der Waals surface area contributed by atoms with E-state index >= 15 is 0 Å². The molecule has 0 aromatic carbocycles. The summed E-state index contributed by atoms with van der Waals surface area (Å²) >= 11 is 1.67. The minimum atomic E-state index is 0.207. The smallest absolute Gasteiger partial charge is 0.254 e. The van der Waals surface area contributed by atoms with Crippen molar-refractivity contribution < 1.29 is 4.79 Å². The fourth-order valence-electron chi connectivity index (χ4n) is 3.37. The highest BCUT2D eigenvalue weighted by atomic mass is 32.1. The van der Waals surface area contributed by atoms with Crippen LogP contribution in [0.2, 0.25) is 0 Å². The lowest BCUT2D eigenvalue weighted by Crippen LogP contribution is -2.33. The molecule has 2 heterocycles. The Morgan fingerprint density at radius 1 is 1.39 bits per heavy atom. The van der Waals surface area contributed by atoms with E-state index in [1.165, 1.54) is 11.3 Å². The molecule has 1 aliphatic heterocycles. The molecule has 1 aliphatic carbocycles. The highest BCUT2D eigenvalue weighted by molar-refractivity contribution is 7.10. The van der Waals surface area contributed by atoms with E-state index in [9.17, 15) is 4.79 Å². The standard InChI is InChI=1S/C14H20N2OS/c1-8-9(2)18-7-12(8)14(17)16-5-10-3-4-13(15)11(10)6-16/h7,10-11,13H,3-6,15H2,1-2H3. The Morgan fingerprint density at radius 2 is 2.17 bits per heavy atom. The van der Waals surface area contributed by atoms with Crippen LogP contribution in [0.4, 0.5) is 0 Å². The molecule has 2 fully saturated rings. The van der Waals surface area contributed by atoms with Gasteiger partial charge in [-0.3, -0.25) is 4.79 Å². The molecular weight excluding hydrogens is 244 g/mol. The van der Waals surface area contributed by atoms with Crippen LogP contribution < -0.4 is 5.73 Å². The fourth-order valence-corrected chi connectivity index (χ4v) is 4.23. The molecule has 3 rings (SSSR count). The van der Waals surface area contributed by atoms with Gasteiger partial charge in [-0.1, -0.05) is 0 Å². The van der Waals surface area contributed by atoms with Crippen molar-refractivity contribution in [2.45, 2.75) is 32.7 Å². The van der Waals surface area contributed by atoms with E-state index in [2.05, 4.69) is 6.92 Å². The summed E-state index contributed by atoms with van der Waals surface area (Å²) in [5.41, 5.74) is 8.16. The first kappa shape index (κ1) is 12.2. The largest absolute Gasteiger partial charge is 0.338 e. The minimum absolute atomic E-state index is 0.207. The number of carbonyl (C=O) groups excluding carboxylic acids is 1. The van der Waals surface area contributed by atoms with Crippen LogP contribution in [0.15, 0.2) is 5.38 Å². The van der Waals surface area contributed by atoms with Crippen LogP contribution >= 0.6 is 11.3 Å². The highest BCUT2D eigenvalue weighted by Crippen LogP contribution is 2.38. The molecular formula is C14H20N2OS. The third-order valence-corrected chi connectivity index (χ3v) is 5.73. The van der Waals surface area contributed by atoms with Crippen molar-refractivity contribution in [2.75, 3.05) is 13.1 Å². The SMILES string of the molecule is Cc1scc(C(=O)N2CC3CCC(N)C3C2)c1C. The van der Waals surface area contributed by atoms with Gasteiger partial charge in [0.1, 0.15) is 0 Å². The monoisotopic (exact) mass is 264 g/mol. The molecule has 0 bridgehead atoms. The molecule has 1 amide bonds. The minimum Gasteiger partial charge on any atom is -0.338 e. The Bertz CT molecular complexity index is 482. The molecule has 3 nitrogen and oxygen atoms in total.